The highest BCUT2D eigenvalue weighted by atomic mass is 32.2. The maximum atomic E-state index is 14.5. The van der Waals surface area contributed by atoms with Crippen LogP contribution in [0.4, 0.5) is 0 Å². The molecule has 1 unspecified atom stereocenters. The summed E-state index contributed by atoms with van der Waals surface area (Å²) in [6.07, 6.45) is 1.52. The number of rotatable bonds is 31. The molecule has 5 atom stereocenters. The smallest absolute Gasteiger partial charge is 0.262 e. The number of hydrogen-bond donors (Lipinski definition) is 3. The molecule has 19 nitrogen and oxygen atoms in total. The summed E-state index contributed by atoms with van der Waals surface area (Å²) in [5, 5.41) is 22.7. The van der Waals surface area contributed by atoms with Crippen LogP contribution in [-0.2, 0) is 51.2 Å². The first kappa shape index (κ1) is 63.0. The molecule has 2 aliphatic rings. The van der Waals surface area contributed by atoms with Gasteiger partial charge in [-0.05, 0) is 96.5 Å². The van der Waals surface area contributed by atoms with Crippen LogP contribution in [0, 0.1) is 0 Å². The zero-order valence-electron chi connectivity index (χ0n) is 49.3. The molecule has 0 spiro atoms. The van der Waals surface area contributed by atoms with Gasteiger partial charge in [-0.1, -0.05) is 133 Å². The van der Waals surface area contributed by atoms with Crippen molar-refractivity contribution >= 4 is 84.6 Å². The number of carbonyl (C=O) groups excluding carboxylic acids is 3. The molecule has 2 saturated heterocycles. The van der Waals surface area contributed by atoms with Gasteiger partial charge >= 0.3 is 0 Å². The lowest BCUT2D eigenvalue weighted by Gasteiger charge is -2.34. The number of nitrogens with zero attached hydrogens (tertiary/aromatic N) is 6. The van der Waals surface area contributed by atoms with Crippen molar-refractivity contribution in [3.63, 3.8) is 0 Å². The third-order valence-electron chi connectivity index (χ3n) is 15.7. The molecule has 10 rings (SSSR count). The van der Waals surface area contributed by atoms with Gasteiger partial charge in [0, 0.05) is 39.3 Å². The topological polar surface area (TPSA) is 218 Å². The molecule has 0 aliphatic carbocycles. The molecule has 87 heavy (non-hydrogen) atoms. The highest BCUT2D eigenvalue weighted by Crippen LogP contribution is 2.41. The lowest BCUT2D eigenvalue weighted by atomic mass is 10.1. The minimum absolute atomic E-state index is 0.135. The Labute approximate surface area is 514 Å². The molecule has 21 heteroatoms. The summed E-state index contributed by atoms with van der Waals surface area (Å²) in [6.45, 7) is 9.63. The summed E-state index contributed by atoms with van der Waals surface area (Å²) in [6, 6.07) is 41.3. The number of thioether (sulfide) groups is 2. The normalized spacial score (nSPS) is 16.5. The Balaban J connectivity index is 0.577. The number of aliphatic hydroxyl groups is 1. The van der Waals surface area contributed by atoms with E-state index in [9.17, 15) is 29.1 Å². The number of amides is 3. The van der Waals surface area contributed by atoms with Gasteiger partial charge in [-0.2, -0.15) is 0 Å². The molecule has 0 radical (unpaired) electrons. The quantitative estimate of drug-likeness (QED) is 0.0163. The molecule has 3 amide bonds. The lowest BCUT2D eigenvalue weighted by molar-refractivity contribution is -0.138. The minimum atomic E-state index is -1.05. The summed E-state index contributed by atoms with van der Waals surface area (Å²) in [5.74, 6) is -0.619. The van der Waals surface area contributed by atoms with Crippen molar-refractivity contribution in [2.75, 3.05) is 92.2 Å². The molecule has 2 fully saturated rings. The Morgan fingerprint density at radius 2 is 0.954 bits per heavy atom. The van der Waals surface area contributed by atoms with Gasteiger partial charge in [-0.3, -0.25) is 38.0 Å². The first-order chi connectivity index (χ1) is 42.6. The molecule has 2 aliphatic heterocycles. The predicted octanol–water partition coefficient (Wildman–Crippen LogP) is 7.91. The number of benzene rings is 6. The van der Waals surface area contributed by atoms with Crippen LogP contribution in [0.1, 0.15) is 61.2 Å². The van der Waals surface area contributed by atoms with Crippen LogP contribution in [0.3, 0.4) is 0 Å². The standard InChI is InChI=1S/C66H76N8O11S2/c1-3-71-61(77)51-41-47-21-11-13-23-49(47)43-53(51)69-65(71)86-57(45-17-7-5-8-18-45)63(79)73-29-15-25-55(73)59(75)67-27-31-81-33-35-83-37-39-85-40-38-84-36-34-82-32-28-68-60(76)56-26-16-30-74(56)64(80)58(46-19-9-6-10-20-46)87-66-70-54-44-50-24-14-12-22-48(50)42-52(54)62(78)72(66)4-2/h5-14,17-24,41-44,55-58,63,79H,3-4,15-16,25-40H2,1-2H3,(H,67,75)(H,68,76)/t55-,56+,57+,58+,63?/m0/s1. The molecule has 0 saturated carbocycles. The maximum Gasteiger partial charge on any atom is 0.262 e. The Kier molecular flexibility index (Phi) is 22.6. The zero-order chi connectivity index (χ0) is 60.5. The fourth-order valence-electron chi connectivity index (χ4n) is 11.3. The van der Waals surface area contributed by atoms with Crippen LogP contribution in [0.15, 0.2) is 153 Å². The average Bonchev–Trinajstić information content (AvgIpc) is 2.92. The molecule has 8 aromatic rings. The van der Waals surface area contributed by atoms with E-state index in [1.54, 1.807) is 14.0 Å². The van der Waals surface area contributed by atoms with Crippen LogP contribution in [-0.4, -0.2) is 162 Å². The molecule has 3 N–H and O–H groups in total. The Hall–Kier alpha value is -7.05. The number of ether oxygens (including phenoxy) is 5. The van der Waals surface area contributed by atoms with Gasteiger partial charge in [0.15, 0.2) is 10.3 Å². The molecule has 2 aromatic heterocycles. The number of hydrogen-bond acceptors (Lipinski definition) is 16. The van der Waals surface area contributed by atoms with Gasteiger partial charge in [0.05, 0.1) is 99.2 Å². The summed E-state index contributed by atoms with van der Waals surface area (Å²) in [4.78, 5) is 82.9. The van der Waals surface area contributed by atoms with Crippen LogP contribution in [0.25, 0.3) is 43.4 Å². The second kappa shape index (κ2) is 31.2. The molecule has 4 heterocycles. The van der Waals surface area contributed by atoms with E-state index in [1.165, 1.54) is 23.5 Å². The van der Waals surface area contributed by atoms with Gasteiger partial charge in [-0.25, -0.2) is 9.97 Å². The molecule has 6 aromatic carbocycles. The van der Waals surface area contributed by atoms with Crippen molar-refractivity contribution < 1.29 is 43.2 Å². The monoisotopic (exact) mass is 1220 g/mol. The molecule has 458 valence electrons. The van der Waals surface area contributed by atoms with Crippen LogP contribution < -0.4 is 21.8 Å². The van der Waals surface area contributed by atoms with Crippen molar-refractivity contribution in [3.05, 3.63) is 165 Å². The van der Waals surface area contributed by atoms with Crippen molar-refractivity contribution in [3.8, 4) is 0 Å². The molecular formula is C66H76N8O11S2. The van der Waals surface area contributed by atoms with E-state index in [4.69, 9.17) is 33.7 Å². The fourth-order valence-corrected chi connectivity index (χ4v) is 13.8. The van der Waals surface area contributed by atoms with E-state index < -0.39 is 28.8 Å². The Morgan fingerprint density at radius 3 is 1.45 bits per heavy atom. The van der Waals surface area contributed by atoms with Crippen LogP contribution in [0.2, 0.25) is 0 Å². The highest BCUT2D eigenvalue weighted by Gasteiger charge is 2.41. The van der Waals surface area contributed by atoms with Gasteiger partial charge in [-0.15, -0.1) is 0 Å². The van der Waals surface area contributed by atoms with E-state index in [2.05, 4.69) is 10.6 Å². The Morgan fingerprint density at radius 1 is 0.540 bits per heavy atom. The first-order valence-electron chi connectivity index (χ1n) is 30.1. The lowest BCUT2D eigenvalue weighted by Crippen LogP contribution is -2.49. The van der Waals surface area contributed by atoms with Crippen LogP contribution >= 0.6 is 23.5 Å². The zero-order valence-corrected chi connectivity index (χ0v) is 50.9. The van der Waals surface area contributed by atoms with Gasteiger partial charge in [0.2, 0.25) is 17.7 Å². The number of carbonyl (C=O) groups is 3. The van der Waals surface area contributed by atoms with Gasteiger partial charge in [0.25, 0.3) is 11.1 Å². The van der Waals surface area contributed by atoms with E-state index in [0.717, 1.165) is 39.1 Å². The number of aromatic nitrogens is 4. The third kappa shape index (κ3) is 15.6. The predicted molar refractivity (Wildman–Crippen MR) is 339 cm³/mol. The van der Waals surface area contributed by atoms with Crippen molar-refractivity contribution in [1.82, 2.24) is 39.5 Å². The highest BCUT2D eigenvalue weighted by molar-refractivity contribution is 8.00. The first-order valence-corrected chi connectivity index (χ1v) is 31.9. The van der Waals surface area contributed by atoms with Crippen molar-refractivity contribution in [2.45, 2.75) is 91.7 Å². The Bertz CT molecular complexity index is 3750. The minimum Gasteiger partial charge on any atom is -0.377 e. The van der Waals surface area contributed by atoms with E-state index in [0.29, 0.717) is 144 Å². The second-order valence-electron chi connectivity index (χ2n) is 21.3. The maximum absolute atomic E-state index is 14.5. The summed E-state index contributed by atoms with van der Waals surface area (Å²) in [7, 11) is 0. The van der Waals surface area contributed by atoms with E-state index in [1.807, 2.05) is 152 Å². The number of aliphatic hydroxyl groups excluding tert-OH is 1. The largest absolute Gasteiger partial charge is 0.377 e. The van der Waals surface area contributed by atoms with Gasteiger partial charge < -0.3 is 44.3 Å². The second-order valence-corrected chi connectivity index (χ2v) is 23.5. The molecule has 0 bridgehead atoms. The van der Waals surface area contributed by atoms with Crippen molar-refractivity contribution in [2.24, 2.45) is 0 Å². The summed E-state index contributed by atoms with van der Waals surface area (Å²) in [5.41, 5.74) is 2.49. The fraction of sp³-hybridized carbons (Fsp3) is 0.409. The summed E-state index contributed by atoms with van der Waals surface area (Å²) < 4.78 is 31.7. The third-order valence-corrected chi connectivity index (χ3v) is 18.3. The van der Waals surface area contributed by atoms with Crippen molar-refractivity contribution in [1.29, 1.82) is 0 Å². The van der Waals surface area contributed by atoms with Gasteiger partial charge in [0.1, 0.15) is 17.5 Å². The number of likely N-dealkylation sites (tertiary alicyclic amines) is 2. The SMILES string of the molecule is CCn1c(S[C@H](c2ccccc2)C(O)N2CCC[C@H]2C(=O)NCCOCCOCCOCCOCCOCCNC(=O)[C@H]2CCCN2C(=O)[C@H](Sc2nc3cc4ccccc4cc3c(=O)n2CC)c2ccccc2)nc2cc3ccccc3cc2c1=O. The number of fused-ring (bicyclic) bond motifs is 4. The average molecular weight is 1220 g/mol. The molecular weight excluding hydrogens is 1140 g/mol. The van der Waals surface area contributed by atoms with E-state index >= 15 is 0 Å². The summed E-state index contributed by atoms with van der Waals surface area (Å²) >= 11 is 2.58. The van der Waals surface area contributed by atoms with E-state index in [-0.39, 0.29) is 42.0 Å². The van der Waals surface area contributed by atoms with Crippen LogP contribution in [0.5, 0.6) is 0 Å². The number of nitrogens with one attached hydrogen (secondary N) is 2.